The first-order chi connectivity index (χ1) is 8.19. The maximum atomic E-state index is 12.7. The maximum absolute atomic E-state index is 12.7. The van der Waals surface area contributed by atoms with Crippen LogP contribution in [0, 0.1) is 5.82 Å². The first-order valence-corrected chi connectivity index (χ1v) is 5.51. The van der Waals surface area contributed by atoms with Gasteiger partial charge in [0.05, 0.1) is 6.04 Å². The lowest BCUT2D eigenvalue weighted by Crippen LogP contribution is -2.08. The third-order valence-corrected chi connectivity index (χ3v) is 2.52. The minimum Gasteiger partial charge on any atom is -0.338 e. The molecule has 0 saturated carbocycles. The minimum atomic E-state index is -0.254. The lowest BCUT2D eigenvalue weighted by atomic mass is 10.1. The lowest BCUT2D eigenvalue weighted by molar-refractivity contribution is 0.348. The van der Waals surface area contributed by atoms with Crippen LogP contribution in [-0.2, 0) is 6.42 Å². The topological polar surface area (TPSA) is 64.9 Å². The van der Waals surface area contributed by atoms with Crippen LogP contribution in [0.2, 0.25) is 0 Å². The van der Waals surface area contributed by atoms with Crippen LogP contribution < -0.4 is 5.73 Å². The number of aromatic nitrogens is 2. The molecule has 0 aliphatic rings. The van der Waals surface area contributed by atoms with Crippen molar-refractivity contribution in [3.63, 3.8) is 0 Å². The first kappa shape index (κ1) is 11.7. The summed E-state index contributed by atoms with van der Waals surface area (Å²) in [6.07, 6.45) is 1.26. The largest absolute Gasteiger partial charge is 0.338 e. The Morgan fingerprint density at radius 3 is 2.71 bits per heavy atom. The fraction of sp³-hybridized carbons (Fsp3) is 0.333. The van der Waals surface area contributed by atoms with E-state index in [1.807, 2.05) is 6.92 Å². The van der Waals surface area contributed by atoms with Gasteiger partial charge >= 0.3 is 0 Å². The zero-order valence-corrected chi connectivity index (χ0v) is 9.56. The van der Waals surface area contributed by atoms with Gasteiger partial charge in [-0.2, -0.15) is 4.98 Å². The van der Waals surface area contributed by atoms with Crippen LogP contribution in [0.25, 0.3) is 0 Å². The number of hydrogen-bond acceptors (Lipinski definition) is 4. The van der Waals surface area contributed by atoms with Crippen molar-refractivity contribution in [3.05, 3.63) is 47.4 Å². The van der Waals surface area contributed by atoms with Crippen molar-refractivity contribution >= 4 is 0 Å². The number of nitrogens with two attached hydrogens (primary N) is 1. The quantitative estimate of drug-likeness (QED) is 0.882. The van der Waals surface area contributed by atoms with Crippen LogP contribution in [0.3, 0.4) is 0 Å². The van der Waals surface area contributed by atoms with E-state index in [2.05, 4.69) is 10.1 Å². The summed E-state index contributed by atoms with van der Waals surface area (Å²) in [5.74, 6) is 0.760. The number of rotatable bonds is 4. The fourth-order valence-electron chi connectivity index (χ4n) is 1.45. The van der Waals surface area contributed by atoms with Gasteiger partial charge in [-0.15, -0.1) is 0 Å². The maximum Gasteiger partial charge on any atom is 0.243 e. The van der Waals surface area contributed by atoms with Crippen molar-refractivity contribution in [2.45, 2.75) is 25.8 Å². The average Bonchev–Trinajstić information content (AvgIpc) is 2.80. The molecule has 0 bridgehead atoms. The van der Waals surface area contributed by atoms with Crippen molar-refractivity contribution in [1.29, 1.82) is 0 Å². The standard InChI is InChI=1S/C12H14FN3O/c1-2-10(14)12-15-11(16-17-12)7-8-3-5-9(13)6-4-8/h3-6,10H,2,7,14H2,1H3/t10-/m1/s1. The molecule has 1 atom stereocenters. The molecular formula is C12H14FN3O. The highest BCUT2D eigenvalue weighted by atomic mass is 19.1. The molecule has 1 aromatic heterocycles. The van der Waals surface area contributed by atoms with Crippen LogP contribution in [0.1, 0.15) is 36.7 Å². The van der Waals surface area contributed by atoms with Gasteiger partial charge in [0.1, 0.15) is 5.82 Å². The Morgan fingerprint density at radius 2 is 2.06 bits per heavy atom. The molecule has 0 aliphatic carbocycles. The van der Waals surface area contributed by atoms with Crippen molar-refractivity contribution in [1.82, 2.24) is 10.1 Å². The van der Waals surface area contributed by atoms with Crippen LogP contribution in [0.4, 0.5) is 4.39 Å². The second-order valence-corrected chi connectivity index (χ2v) is 3.87. The Hall–Kier alpha value is -1.75. The molecule has 0 spiro atoms. The zero-order chi connectivity index (χ0) is 12.3. The van der Waals surface area contributed by atoms with Gasteiger partial charge in [-0.3, -0.25) is 0 Å². The molecule has 0 fully saturated rings. The summed E-state index contributed by atoms with van der Waals surface area (Å²) in [6.45, 7) is 1.95. The highest BCUT2D eigenvalue weighted by Gasteiger charge is 2.12. The summed E-state index contributed by atoms with van der Waals surface area (Å²) in [7, 11) is 0. The highest BCUT2D eigenvalue weighted by Crippen LogP contribution is 2.13. The molecule has 1 aromatic carbocycles. The van der Waals surface area contributed by atoms with Gasteiger partial charge in [0, 0.05) is 6.42 Å². The van der Waals surface area contributed by atoms with E-state index in [0.29, 0.717) is 18.1 Å². The van der Waals surface area contributed by atoms with Crippen LogP contribution >= 0.6 is 0 Å². The lowest BCUT2D eigenvalue weighted by Gasteiger charge is -1.99. The third kappa shape index (κ3) is 2.88. The summed E-state index contributed by atoms with van der Waals surface area (Å²) in [6, 6.07) is 6.00. The monoisotopic (exact) mass is 235 g/mol. The van der Waals surface area contributed by atoms with Gasteiger partial charge in [-0.05, 0) is 24.1 Å². The van der Waals surface area contributed by atoms with Gasteiger partial charge in [-0.25, -0.2) is 4.39 Å². The molecule has 0 radical (unpaired) electrons. The predicted molar refractivity (Wildman–Crippen MR) is 60.7 cm³/mol. The predicted octanol–water partition coefficient (Wildman–Crippen LogP) is 2.21. The molecule has 2 N–H and O–H groups in total. The van der Waals surface area contributed by atoms with E-state index < -0.39 is 0 Å². The summed E-state index contributed by atoms with van der Waals surface area (Å²) >= 11 is 0. The van der Waals surface area contributed by atoms with E-state index in [1.165, 1.54) is 12.1 Å². The summed E-state index contributed by atoms with van der Waals surface area (Å²) in [4.78, 5) is 4.20. The summed E-state index contributed by atoms with van der Waals surface area (Å²) in [5.41, 5.74) is 6.71. The van der Waals surface area contributed by atoms with Gasteiger partial charge in [-0.1, -0.05) is 24.2 Å². The number of halogens is 1. The Kier molecular flexibility index (Phi) is 3.49. The SMILES string of the molecule is CC[C@@H](N)c1nc(Cc2ccc(F)cc2)no1. The van der Waals surface area contributed by atoms with Gasteiger partial charge in [0.2, 0.25) is 5.89 Å². The molecule has 0 saturated heterocycles. The van der Waals surface area contributed by atoms with Gasteiger partial charge < -0.3 is 10.3 Å². The second kappa shape index (κ2) is 5.05. The Labute approximate surface area is 98.6 Å². The second-order valence-electron chi connectivity index (χ2n) is 3.87. The fourth-order valence-corrected chi connectivity index (χ4v) is 1.45. The highest BCUT2D eigenvalue weighted by molar-refractivity contribution is 5.19. The first-order valence-electron chi connectivity index (χ1n) is 5.51. The van der Waals surface area contributed by atoms with Crippen molar-refractivity contribution in [2.75, 3.05) is 0 Å². The molecule has 1 heterocycles. The molecule has 0 unspecified atom stereocenters. The molecule has 2 rings (SSSR count). The molecule has 0 aliphatic heterocycles. The van der Waals surface area contributed by atoms with Crippen molar-refractivity contribution in [2.24, 2.45) is 5.73 Å². The zero-order valence-electron chi connectivity index (χ0n) is 9.56. The van der Waals surface area contributed by atoms with Gasteiger partial charge in [0.15, 0.2) is 5.82 Å². The Balaban J connectivity index is 2.08. The van der Waals surface area contributed by atoms with Crippen LogP contribution in [0.5, 0.6) is 0 Å². The van der Waals surface area contributed by atoms with Crippen LogP contribution in [-0.4, -0.2) is 10.1 Å². The summed E-state index contributed by atoms with van der Waals surface area (Å²) in [5, 5.41) is 3.84. The van der Waals surface area contributed by atoms with E-state index in [9.17, 15) is 4.39 Å². The number of nitrogens with zero attached hydrogens (tertiary/aromatic N) is 2. The Bertz CT molecular complexity index is 481. The van der Waals surface area contributed by atoms with Crippen molar-refractivity contribution < 1.29 is 8.91 Å². The Morgan fingerprint density at radius 1 is 1.35 bits per heavy atom. The van der Waals surface area contributed by atoms with E-state index in [4.69, 9.17) is 10.3 Å². The molecule has 0 amide bonds. The van der Waals surface area contributed by atoms with Gasteiger partial charge in [0.25, 0.3) is 0 Å². The average molecular weight is 235 g/mol. The number of benzene rings is 1. The normalized spacial score (nSPS) is 12.6. The third-order valence-electron chi connectivity index (χ3n) is 2.52. The van der Waals surface area contributed by atoms with Crippen molar-refractivity contribution in [3.8, 4) is 0 Å². The minimum absolute atomic E-state index is 0.218. The van der Waals surface area contributed by atoms with E-state index in [-0.39, 0.29) is 11.9 Å². The van der Waals surface area contributed by atoms with Crippen LogP contribution in [0.15, 0.2) is 28.8 Å². The molecule has 17 heavy (non-hydrogen) atoms. The molecule has 5 heteroatoms. The molecule has 4 nitrogen and oxygen atoms in total. The smallest absolute Gasteiger partial charge is 0.243 e. The molecular weight excluding hydrogens is 221 g/mol. The molecule has 2 aromatic rings. The van der Waals surface area contributed by atoms with E-state index >= 15 is 0 Å². The number of hydrogen-bond donors (Lipinski definition) is 1. The van der Waals surface area contributed by atoms with E-state index in [0.717, 1.165) is 12.0 Å². The van der Waals surface area contributed by atoms with E-state index in [1.54, 1.807) is 12.1 Å². The summed E-state index contributed by atoms with van der Waals surface area (Å²) < 4.78 is 17.8. The molecule has 90 valence electrons.